The summed E-state index contributed by atoms with van der Waals surface area (Å²) < 4.78 is 232. The first kappa shape index (κ1) is 40.8. The van der Waals surface area contributed by atoms with Gasteiger partial charge in [0.1, 0.15) is 0 Å². The van der Waals surface area contributed by atoms with Crippen LogP contribution in [0.25, 0.3) is 0 Å². The Hall–Kier alpha value is -2.29. The Balaban J connectivity index is 0. The van der Waals surface area contributed by atoms with E-state index in [-0.39, 0.29) is 0 Å². The standard InChI is InChI=1S/C12H20N.C8H2F16O3S/c1-5-9-13(10-6-2,11-7-3)12-8-4;9-1(3(12,13)14)2(10,11)4(15,16)5(17,18)6(19,20)7(21,22)8(23,24)28(25,26)27/h5-8H,1-4,9-12H2;1H,(H,25,26,27)/q+1;/p-1. The van der Waals surface area contributed by atoms with E-state index in [1.54, 1.807) is 0 Å². The van der Waals surface area contributed by atoms with Gasteiger partial charge in [-0.2, -0.15) is 65.9 Å². The smallest absolute Gasteiger partial charge is 0.425 e. The third-order valence-electron chi connectivity index (χ3n) is 4.95. The molecule has 0 N–H and O–H groups in total. The highest BCUT2D eigenvalue weighted by molar-refractivity contribution is 7.86. The lowest BCUT2D eigenvalue weighted by Gasteiger charge is -2.42. The van der Waals surface area contributed by atoms with Crippen LogP contribution >= 0.6 is 0 Å². The minimum Gasteiger partial charge on any atom is -0.743 e. The van der Waals surface area contributed by atoms with Crippen molar-refractivity contribution >= 4 is 10.1 Å². The number of hydrogen-bond donors (Lipinski definition) is 0. The zero-order valence-electron chi connectivity index (χ0n) is 20.2. The van der Waals surface area contributed by atoms with Crippen molar-refractivity contribution in [3.63, 3.8) is 0 Å². The van der Waals surface area contributed by atoms with E-state index in [1.165, 1.54) is 0 Å². The Labute approximate surface area is 222 Å². The summed E-state index contributed by atoms with van der Waals surface area (Å²) in [5, 5.41) is -7.85. The molecule has 1 atom stereocenters. The van der Waals surface area contributed by atoms with E-state index in [4.69, 9.17) is 0 Å². The maximum Gasteiger partial charge on any atom is 0.425 e. The Morgan fingerprint density at radius 3 is 1.07 bits per heavy atom. The van der Waals surface area contributed by atoms with Crippen molar-refractivity contribution in [1.82, 2.24) is 0 Å². The third kappa shape index (κ3) is 7.57. The molecule has 0 amide bonds. The molecule has 0 aromatic carbocycles. The van der Waals surface area contributed by atoms with Crippen molar-refractivity contribution in [3.8, 4) is 0 Å². The second kappa shape index (κ2) is 12.9. The molecule has 0 bridgehead atoms. The normalized spacial score (nSPS) is 15.3. The molecular formula is C20H21F16NO3S. The highest BCUT2D eigenvalue weighted by Gasteiger charge is 2.92. The molecule has 4 nitrogen and oxygen atoms in total. The van der Waals surface area contributed by atoms with Crippen LogP contribution in [-0.4, -0.2) is 90.8 Å². The summed E-state index contributed by atoms with van der Waals surface area (Å²) in [4.78, 5) is 0. The van der Waals surface area contributed by atoms with Gasteiger partial charge >= 0.3 is 41.0 Å². The quantitative estimate of drug-likeness (QED) is 0.0847. The van der Waals surface area contributed by atoms with Crippen molar-refractivity contribution in [3.05, 3.63) is 50.6 Å². The molecule has 0 saturated heterocycles. The van der Waals surface area contributed by atoms with Crippen LogP contribution in [0.4, 0.5) is 70.2 Å². The van der Waals surface area contributed by atoms with E-state index < -0.39 is 57.3 Å². The predicted molar refractivity (Wildman–Crippen MR) is 111 cm³/mol. The maximum absolute atomic E-state index is 13.0. The maximum atomic E-state index is 13.0. The molecule has 0 aromatic rings. The van der Waals surface area contributed by atoms with Gasteiger partial charge in [0.05, 0.1) is 26.2 Å². The minimum absolute atomic E-state index is 0.903. The van der Waals surface area contributed by atoms with Gasteiger partial charge in [-0.15, -0.1) is 0 Å². The van der Waals surface area contributed by atoms with Gasteiger partial charge in [0.2, 0.25) is 0 Å². The molecule has 0 aliphatic carbocycles. The molecule has 0 aliphatic rings. The van der Waals surface area contributed by atoms with Crippen LogP contribution in [0.15, 0.2) is 50.6 Å². The third-order valence-corrected chi connectivity index (χ3v) is 5.84. The van der Waals surface area contributed by atoms with Crippen molar-refractivity contribution in [2.45, 2.75) is 47.2 Å². The average molecular weight is 659 g/mol. The van der Waals surface area contributed by atoms with Crippen LogP contribution in [0.2, 0.25) is 0 Å². The highest BCUT2D eigenvalue weighted by Crippen LogP contribution is 2.62. The van der Waals surface area contributed by atoms with E-state index in [0.29, 0.717) is 0 Å². The van der Waals surface area contributed by atoms with E-state index in [0.717, 1.165) is 30.7 Å². The number of quaternary nitrogens is 1. The topological polar surface area (TPSA) is 57.2 Å². The van der Waals surface area contributed by atoms with Crippen LogP contribution in [0.5, 0.6) is 0 Å². The number of halogens is 16. The lowest BCUT2D eigenvalue weighted by atomic mass is 9.92. The van der Waals surface area contributed by atoms with Gasteiger partial charge in [0.25, 0.3) is 6.17 Å². The van der Waals surface area contributed by atoms with E-state index in [9.17, 15) is 83.2 Å². The Kier molecular flexibility index (Phi) is 12.9. The monoisotopic (exact) mass is 659 g/mol. The molecule has 21 heteroatoms. The zero-order chi connectivity index (χ0) is 33.7. The summed E-state index contributed by atoms with van der Waals surface area (Å²) in [6.07, 6.45) is -5.79. The fourth-order valence-electron chi connectivity index (χ4n) is 2.85. The molecule has 0 fully saturated rings. The van der Waals surface area contributed by atoms with Crippen LogP contribution < -0.4 is 0 Å². The molecule has 0 aromatic heterocycles. The number of nitrogens with zero attached hydrogens (tertiary/aromatic N) is 1. The summed E-state index contributed by atoms with van der Waals surface area (Å²) >= 11 is 0. The van der Waals surface area contributed by atoms with Gasteiger partial charge in [0.15, 0.2) is 10.1 Å². The van der Waals surface area contributed by atoms with Crippen molar-refractivity contribution < 1.29 is 87.7 Å². The first-order chi connectivity index (χ1) is 17.9. The largest absolute Gasteiger partial charge is 0.743 e. The van der Waals surface area contributed by atoms with Gasteiger partial charge < -0.3 is 9.04 Å². The van der Waals surface area contributed by atoms with Crippen molar-refractivity contribution in [2.24, 2.45) is 0 Å². The fourth-order valence-corrected chi connectivity index (χ4v) is 3.29. The fraction of sp³-hybridized carbons (Fsp3) is 0.600. The molecule has 41 heavy (non-hydrogen) atoms. The molecule has 0 rings (SSSR count). The molecule has 0 aliphatic heterocycles. The minimum atomic E-state index is -8.66. The molecule has 0 saturated carbocycles. The van der Waals surface area contributed by atoms with E-state index in [1.807, 2.05) is 24.3 Å². The molecule has 0 spiro atoms. The van der Waals surface area contributed by atoms with Crippen LogP contribution in [0, 0.1) is 0 Å². The first-order valence-corrected chi connectivity index (χ1v) is 11.5. The Morgan fingerprint density at radius 2 is 0.854 bits per heavy atom. The average Bonchev–Trinajstić information content (AvgIpc) is 2.77. The SMILES string of the molecule is C=CC[N+](CC=C)(CC=C)CC=C.O=S(=O)([O-])C(F)(F)C(F)(F)C(F)(F)C(F)(F)C(F)(F)C(F)(F)C(F)C(F)(F)F. The second-order valence-electron chi connectivity index (χ2n) is 8.02. The lowest BCUT2D eigenvalue weighted by Crippen LogP contribution is -2.73. The molecule has 242 valence electrons. The molecule has 0 radical (unpaired) electrons. The summed E-state index contributed by atoms with van der Waals surface area (Å²) in [6, 6.07) is 0. The summed E-state index contributed by atoms with van der Waals surface area (Å²) in [5.74, 6) is -42.1. The van der Waals surface area contributed by atoms with Gasteiger partial charge in [-0.25, -0.2) is 12.8 Å². The number of rotatable bonds is 15. The van der Waals surface area contributed by atoms with Gasteiger partial charge in [0, 0.05) is 0 Å². The summed E-state index contributed by atoms with van der Waals surface area (Å²) in [6.45, 7) is 18.8. The van der Waals surface area contributed by atoms with Crippen LogP contribution in [0.1, 0.15) is 0 Å². The van der Waals surface area contributed by atoms with Gasteiger partial charge in [-0.05, 0) is 24.3 Å². The molecule has 1 unspecified atom stereocenters. The second-order valence-corrected chi connectivity index (χ2v) is 9.44. The molecule has 0 heterocycles. The highest BCUT2D eigenvalue weighted by atomic mass is 32.2. The summed E-state index contributed by atoms with van der Waals surface area (Å²) in [7, 11) is -8.06. The van der Waals surface area contributed by atoms with E-state index in [2.05, 4.69) is 26.3 Å². The number of hydrogen-bond acceptors (Lipinski definition) is 3. The van der Waals surface area contributed by atoms with E-state index >= 15 is 0 Å². The summed E-state index contributed by atoms with van der Waals surface area (Å²) in [5.41, 5.74) is 0. The zero-order valence-corrected chi connectivity index (χ0v) is 21.0. The van der Waals surface area contributed by atoms with Crippen molar-refractivity contribution in [2.75, 3.05) is 26.2 Å². The van der Waals surface area contributed by atoms with Crippen molar-refractivity contribution in [1.29, 1.82) is 0 Å². The lowest BCUT2D eigenvalue weighted by molar-refractivity contribution is -0.906. The molecular weight excluding hydrogens is 638 g/mol. The predicted octanol–water partition coefficient (Wildman–Crippen LogP) is 6.75. The van der Waals surface area contributed by atoms with Crippen LogP contribution in [0.3, 0.4) is 0 Å². The van der Waals surface area contributed by atoms with Crippen LogP contribution in [-0.2, 0) is 10.1 Å². The Bertz CT molecular complexity index is 992. The van der Waals surface area contributed by atoms with Gasteiger partial charge in [-0.3, -0.25) is 0 Å². The Morgan fingerprint density at radius 1 is 0.585 bits per heavy atom. The number of alkyl halides is 16. The van der Waals surface area contributed by atoms with Gasteiger partial charge in [-0.1, -0.05) is 26.3 Å². The first-order valence-electron chi connectivity index (χ1n) is 10.1.